The van der Waals surface area contributed by atoms with Gasteiger partial charge in [0.2, 0.25) is 0 Å². The molecule has 2 N–H and O–H groups in total. The van der Waals surface area contributed by atoms with Crippen molar-refractivity contribution in [1.82, 2.24) is 10.2 Å². The molecule has 3 nitrogen and oxygen atoms in total. The summed E-state index contributed by atoms with van der Waals surface area (Å²) in [6, 6.07) is 7.01. The Kier molecular flexibility index (Phi) is 6.15. The quantitative estimate of drug-likeness (QED) is 0.846. The van der Waals surface area contributed by atoms with Gasteiger partial charge in [-0.1, -0.05) is 18.2 Å². The second-order valence-corrected chi connectivity index (χ2v) is 6.24. The first-order valence-corrected chi connectivity index (χ1v) is 7.94. The molecule has 0 spiro atoms. The Labute approximate surface area is 127 Å². The van der Waals surface area contributed by atoms with Crippen LogP contribution in [0, 0.1) is 11.7 Å². The van der Waals surface area contributed by atoms with Crippen molar-refractivity contribution in [2.24, 2.45) is 5.92 Å². The van der Waals surface area contributed by atoms with Crippen molar-refractivity contribution < 1.29 is 9.50 Å². The lowest BCUT2D eigenvalue weighted by Crippen LogP contribution is -2.40. The number of hydrogen-bond acceptors (Lipinski definition) is 3. The molecule has 1 aromatic rings. The number of benzene rings is 1. The highest BCUT2D eigenvalue weighted by Gasteiger charge is 2.20. The van der Waals surface area contributed by atoms with Gasteiger partial charge in [-0.3, -0.25) is 0 Å². The molecule has 0 saturated carbocycles. The van der Waals surface area contributed by atoms with Gasteiger partial charge >= 0.3 is 0 Å². The van der Waals surface area contributed by atoms with Gasteiger partial charge in [0, 0.05) is 18.2 Å². The van der Waals surface area contributed by atoms with Crippen LogP contribution in [-0.2, 0) is 0 Å². The van der Waals surface area contributed by atoms with Gasteiger partial charge in [0.25, 0.3) is 0 Å². The van der Waals surface area contributed by atoms with Crippen LogP contribution >= 0.6 is 0 Å². The van der Waals surface area contributed by atoms with E-state index in [-0.39, 0.29) is 18.0 Å². The molecule has 0 radical (unpaired) electrons. The van der Waals surface area contributed by atoms with E-state index < -0.39 is 0 Å². The number of nitrogens with zero attached hydrogens (tertiary/aromatic N) is 1. The molecular weight excluding hydrogens is 267 g/mol. The first-order chi connectivity index (χ1) is 10.1. The molecule has 1 heterocycles. The Morgan fingerprint density at radius 3 is 2.57 bits per heavy atom. The molecule has 0 aliphatic carbocycles. The zero-order valence-corrected chi connectivity index (χ0v) is 13.1. The van der Waals surface area contributed by atoms with Crippen LogP contribution in [-0.4, -0.2) is 42.3 Å². The molecule has 118 valence electrons. The topological polar surface area (TPSA) is 35.5 Å². The van der Waals surface area contributed by atoms with E-state index in [1.165, 1.54) is 6.07 Å². The van der Waals surface area contributed by atoms with Crippen molar-refractivity contribution in [2.75, 3.05) is 26.2 Å². The number of halogens is 1. The minimum absolute atomic E-state index is 0.0432. The van der Waals surface area contributed by atoms with E-state index >= 15 is 0 Å². The number of piperidine rings is 1. The lowest BCUT2D eigenvalue weighted by molar-refractivity contribution is 0.0994. The molecule has 0 aromatic heterocycles. The zero-order valence-electron chi connectivity index (χ0n) is 13.1. The van der Waals surface area contributed by atoms with Gasteiger partial charge in [0.05, 0.1) is 6.10 Å². The maximum atomic E-state index is 13.7. The molecule has 4 heteroatoms. The summed E-state index contributed by atoms with van der Waals surface area (Å²) in [4.78, 5) is 2.32. The largest absolute Gasteiger partial charge is 0.392 e. The average Bonchev–Trinajstić information content (AvgIpc) is 2.46. The van der Waals surface area contributed by atoms with Crippen LogP contribution < -0.4 is 5.32 Å². The molecule has 1 saturated heterocycles. The van der Waals surface area contributed by atoms with Gasteiger partial charge < -0.3 is 15.3 Å². The Bertz CT molecular complexity index is 431. The molecule has 2 atom stereocenters. The van der Waals surface area contributed by atoms with Crippen molar-refractivity contribution >= 4 is 0 Å². The van der Waals surface area contributed by atoms with E-state index in [0.29, 0.717) is 5.92 Å². The molecule has 1 fully saturated rings. The molecule has 0 amide bonds. The Balaban J connectivity index is 1.73. The summed E-state index contributed by atoms with van der Waals surface area (Å²) in [5, 5.41) is 12.9. The first kappa shape index (κ1) is 16.4. The first-order valence-electron chi connectivity index (χ1n) is 7.94. The van der Waals surface area contributed by atoms with Gasteiger partial charge in [-0.25, -0.2) is 4.39 Å². The number of hydrogen-bond donors (Lipinski definition) is 2. The van der Waals surface area contributed by atoms with Crippen LogP contribution in [0.5, 0.6) is 0 Å². The number of aliphatic hydroxyl groups is 1. The highest BCUT2D eigenvalue weighted by molar-refractivity contribution is 5.20. The van der Waals surface area contributed by atoms with Gasteiger partial charge in [0.15, 0.2) is 0 Å². The molecular formula is C17H27FN2O. The van der Waals surface area contributed by atoms with Gasteiger partial charge in [0.1, 0.15) is 5.82 Å². The highest BCUT2D eigenvalue weighted by atomic mass is 19.1. The number of nitrogens with one attached hydrogen (secondary N) is 1. The smallest absolute Gasteiger partial charge is 0.127 e. The van der Waals surface area contributed by atoms with Crippen LogP contribution in [0.3, 0.4) is 0 Å². The van der Waals surface area contributed by atoms with Crippen LogP contribution in [0.1, 0.15) is 38.3 Å². The van der Waals surface area contributed by atoms with E-state index in [2.05, 4.69) is 10.2 Å². The van der Waals surface area contributed by atoms with E-state index in [0.717, 1.165) is 44.6 Å². The van der Waals surface area contributed by atoms with Crippen LogP contribution in [0.25, 0.3) is 0 Å². The summed E-state index contributed by atoms with van der Waals surface area (Å²) >= 11 is 0. The minimum Gasteiger partial charge on any atom is -0.392 e. The molecule has 0 unspecified atom stereocenters. The van der Waals surface area contributed by atoms with Crippen LogP contribution in [0.4, 0.5) is 4.39 Å². The van der Waals surface area contributed by atoms with Crippen molar-refractivity contribution in [3.8, 4) is 0 Å². The predicted octanol–water partition coefficient (Wildman–Crippen LogP) is 2.57. The van der Waals surface area contributed by atoms with Gasteiger partial charge in [-0.05, 0) is 58.3 Å². The van der Waals surface area contributed by atoms with Crippen LogP contribution in [0.2, 0.25) is 0 Å². The third kappa shape index (κ3) is 5.06. The number of rotatable bonds is 6. The van der Waals surface area contributed by atoms with Crippen molar-refractivity contribution in [3.63, 3.8) is 0 Å². The normalized spacial score (nSPS) is 20.4. The number of β-amino-alcohol motifs (C(OH)–C–C–N with tert-alkyl or cyclic N) is 1. The zero-order chi connectivity index (χ0) is 15.2. The maximum absolute atomic E-state index is 13.7. The van der Waals surface area contributed by atoms with E-state index in [1.807, 2.05) is 26.0 Å². The van der Waals surface area contributed by atoms with Gasteiger partial charge in [-0.15, -0.1) is 0 Å². The maximum Gasteiger partial charge on any atom is 0.127 e. The highest BCUT2D eigenvalue weighted by Crippen LogP contribution is 2.20. The summed E-state index contributed by atoms with van der Waals surface area (Å²) in [6.45, 7) is 7.64. The summed E-state index contributed by atoms with van der Waals surface area (Å²) in [6.07, 6.45) is 2.04. The molecule has 1 aliphatic heterocycles. The summed E-state index contributed by atoms with van der Waals surface area (Å²) in [5.74, 6) is 0.508. The van der Waals surface area contributed by atoms with Gasteiger partial charge in [-0.2, -0.15) is 0 Å². The average molecular weight is 294 g/mol. The SMILES string of the molecule is C[C@@H](O)CN1CCC(CN[C@H](C)c2ccccc2F)CC1. The van der Waals surface area contributed by atoms with E-state index in [9.17, 15) is 9.50 Å². The standard InChI is InChI=1S/C17H27FN2O/c1-13(21)12-20-9-7-15(8-10-20)11-19-14(2)16-5-3-4-6-17(16)18/h3-6,13-15,19,21H,7-12H2,1-2H3/t13-,14-/m1/s1. The summed E-state index contributed by atoms with van der Waals surface area (Å²) < 4.78 is 13.7. The second-order valence-electron chi connectivity index (χ2n) is 6.24. The fraction of sp³-hybridized carbons (Fsp3) is 0.647. The molecule has 2 rings (SSSR count). The molecule has 1 aliphatic rings. The van der Waals surface area contributed by atoms with Crippen molar-refractivity contribution in [3.05, 3.63) is 35.6 Å². The van der Waals surface area contributed by atoms with E-state index in [1.54, 1.807) is 6.07 Å². The number of likely N-dealkylation sites (tertiary alicyclic amines) is 1. The Hall–Kier alpha value is -0.970. The van der Waals surface area contributed by atoms with E-state index in [4.69, 9.17) is 0 Å². The molecule has 1 aromatic carbocycles. The second kappa shape index (κ2) is 7.87. The lowest BCUT2D eigenvalue weighted by Gasteiger charge is -2.33. The third-order valence-electron chi connectivity index (χ3n) is 4.31. The monoisotopic (exact) mass is 294 g/mol. The summed E-state index contributed by atoms with van der Waals surface area (Å²) in [7, 11) is 0. The minimum atomic E-state index is -0.249. The third-order valence-corrected chi connectivity index (χ3v) is 4.31. The Morgan fingerprint density at radius 1 is 1.29 bits per heavy atom. The predicted molar refractivity (Wildman–Crippen MR) is 83.7 cm³/mol. The van der Waals surface area contributed by atoms with Crippen LogP contribution in [0.15, 0.2) is 24.3 Å². The Morgan fingerprint density at radius 2 is 1.95 bits per heavy atom. The fourth-order valence-electron chi connectivity index (χ4n) is 3.03. The summed E-state index contributed by atoms with van der Waals surface area (Å²) in [5.41, 5.74) is 0.740. The van der Waals surface area contributed by atoms with Crippen molar-refractivity contribution in [1.29, 1.82) is 0 Å². The van der Waals surface area contributed by atoms with Crippen molar-refractivity contribution in [2.45, 2.75) is 38.8 Å². The lowest BCUT2D eigenvalue weighted by atomic mass is 9.96. The molecule has 21 heavy (non-hydrogen) atoms. The number of aliphatic hydroxyl groups excluding tert-OH is 1. The molecule has 0 bridgehead atoms. The fourth-order valence-corrected chi connectivity index (χ4v) is 3.03.